The van der Waals surface area contributed by atoms with Gasteiger partial charge < -0.3 is 10.2 Å². The smallest absolute Gasteiger partial charge is 0.270 e. The highest BCUT2D eigenvalue weighted by Gasteiger charge is 2.20. The summed E-state index contributed by atoms with van der Waals surface area (Å²) >= 11 is 0. The van der Waals surface area contributed by atoms with Crippen LogP contribution in [-0.2, 0) is 6.54 Å². The zero-order chi connectivity index (χ0) is 16.9. The van der Waals surface area contributed by atoms with Crippen LogP contribution < -0.4 is 10.2 Å². The van der Waals surface area contributed by atoms with Crippen LogP contribution in [0.3, 0.4) is 0 Å². The molecule has 0 aliphatic heterocycles. The lowest BCUT2D eigenvalue weighted by molar-refractivity contribution is 0.0932. The summed E-state index contributed by atoms with van der Waals surface area (Å²) < 4.78 is 0. The van der Waals surface area contributed by atoms with Crippen molar-refractivity contribution in [3.05, 3.63) is 53.3 Å². The lowest BCUT2D eigenvalue weighted by Gasteiger charge is -2.19. The third-order valence-electron chi connectivity index (χ3n) is 4.37. The van der Waals surface area contributed by atoms with E-state index in [9.17, 15) is 4.79 Å². The van der Waals surface area contributed by atoms with Crippen LogP contribution in [0.2, 0.25) is 0 Å². The van der Waals surface area contributed by atoms with Gasteiger partial charge in [0, 0.05) is 25.3 Å². The van der Waals surface area contributed by atoms with Crippen LogP contribution in [0.15, 0.2) is 36.4 Å². The van der Waals surface area contributed by atoms with Crippen LogP contribution >= 0.6 is 0 Å². The van der Waals surface area contributed by atoms with Crippen LogP contribution in [-0.4, -0.2) is 29.0 Å². The number of carbonyl (C=O) groups is 1. The monoisotopic (exact) mass is 324 g/mol. The number of benzene rings is 1. The van der Waals surface area contributed by atoms with Gasteiger partial charge in [0.1, 0.15) is 5.69 Å². The molecule has 1 aliphatic carbocycles. The van der Waals surface area contributed by atoms with Crippen molar-refractivity contribution in [3.63, 3.8) is 0 Å². The van der Waals surface area contributed by atoms with Crippen molar-refractivity contribution in [2.45, 2.75) is 45.2 Å². The number of nitrogens with one attached hydrogen (secondary N) is 1. The predicted molar refractivity (Wildman–Crippen MR) is 95.0 cm³/mol. The number of aryl methyl sites for hydroxylation is 1. The minimum atomic E-state index is -0.0956. The van der Waals surface area contributed by atoms with E-state index in [0.717, 1.165) is 18.5 Å². The minimum Gasteiger partial charge on any atom is -0.348 e. The summed E-state index contributed by atoms with van der Waals surface area (Å²) in [6.07, 6.45) is 4.52. The highest BCUT2D eigenvalue weighted by molar-refractivity contribution is 5.92. The zero-order valence-electron chi connectivity index (χ0n) is 14.3. The molecule has 1 fully saturated rings. The highest BCUT2D eigenvalue weighted by atomic mass is 16.1. The molecule has 0 saturated heterocycles. The molecule has 126 valence electrons. The van der Waals surface area contributed by atoms with Gasteiger partial charge in [0.25, 0.3) is 5.91 Å². The maximum Gasteiger partial charge on any atom is 0.270 e. The van der Waals surface area contributed by atoms with Crippen molar-refractivity contribution >= 4 is 11.9 Å². The topological polar surface area (TPSA) is 58.1 Å². The van der Waals surface area contributed by atoms with E-state index < -0.39 is 0 Å². The second kappa shape index (κ2) is 7.43. The summed E-state index contributed by atoms with van der Waals surface area (Å²) in [6.45, 7) is 2.60. The van der Waals surface area contributed by atoms with Crippen molar-refractivity contribution in [1.82, 2.24) is 15.3 Å². The van der Waals surface area contributed by atoms with Crippen molar-refractivity contribution in [3.8, 4) is 0 Å². The number of hydrogen-bond donors (Lipinski definition) is 1. The molecule has 1 aliphatic rings. The van der Waals surface area contributed by atoms with E-state index in [-0.39, 0.29) is 5.91 Å². The second-order valence-corrected chi connectivity index (χ2v) is 6.49. The molecular weight excluding hydrogens is 300 g/mol. The summed E-state index contributed by atoms with van der Waals surface area (Å²) in [7, 11) is 1.94. The Balaban J connectivity index is 1.74. The Morgan fingerprint density at radius 3 is 2.62 bits per heavy atom. The lowest BCUT2D eigenvalue weighted by Crippen LogP contribution is -2.33. The van der Waals surface area contributed by atoms with Crippen LogP contribution in [0.5, 0.6) is 0 Å². The summed E-state index contributed by atoms with van der Waals surface area (Å²) in [5, 5.41) is 3.09. The Bertz CT molecular complexity index is 696. The van der Waals surface area contributed by atoms with Gasteiger partial charge in [-0.25, -0.2) is 9.97 Å². The average Bonchev–Trinajstić information content (AvgIpc) is 3.08. The molecule has 0 unspecified atom stereocenters. The summed E-state index contributed by atoms with van der Waals surface area (Å²) in [6, 6.07) is 12.2. The summed E-state index contributed by atoms with van der Waals surface area (Å²) in [4.78, 5) is 23.4. The number of nitrogens with zero attached hydrogens (tertiary/aromatic N) is 3. The van der Waals surface area contributed by atoms with Gasteiger partial charge in [0.2, 0.25) is 5.95 Å². The Hall–Kier alpha value is -2.43. The highest BCUT2D eigenvalue weighted by Crippen LogP contribution is 2.18. The van der Waals surface area contributed by atoms with E-state index in [1.54, 1.807) is 6.07 Å². The van der Waals surface area contributed by atoms with E-state index >= 15 is 0 Å². The van der Waals surface area contributed by atoms with E-state index in [2.05, 4.69) is 27.4 Å². The first kappa shape index (κ1) is 16.4. The first-order valence-electron chi connectivity index (χ1n) is 8.53. The third-order valence-corrected chi connectivity index (χ3v) is 4.37. The van der Waals surface area contributed by atoms with E-state index in [4.69, 9.17) is 0 Å². The molecule has 1 aromatic heterocycles. The number of aromatic nitrogens is 2. The van der Waals surface area contributed by atoms with Gasteiger partial charge in [-0.1, -0.05) is 43.2 Å². The van der Waals surface area contributed by atoms with Gasteiger partial charge in [-0.3, -0.25) is 4.79 Å². The molecule has 0 atom stereocenters. The molecule has 1 heterocycles. The zero-order valence-corrected chi connectivity index (χ0v) is 14.3. The van der Waals surface area contributed by atoms with Crippen molar-refractivity contribution < 1.29 is 4.79 Å². The largest absolute Gasteiger partial charge is 0.348 e. The van der Waals surface area contributed by atoms with Crippen molar-refractivity contribution in [1.29, 1.82) is 0 Å². The Morgan fingerprint density at radius 2 is 1.92 bits per heavy atom. The fraction of sp³-hybridized carbons (Fsp3) is 0.421. The number of amides is 1. The molecule has 0 radical (unpaired) electrons. The molecule has 2 aromatic rings. The Morgan fingerprint density at radius 1 is 1.21 bits per heavy atom. The second-order valence-electron chi connectivity index (χ2n) is 6.49. The molecule has 5 heteroatoms. The molecule has 0 spiro atoms. The van der Waals surface area contributed by atoms with Gasteiger partial charge in [0.15, 0.2) is 0 Å². The van der Waals surface area contributed by atoms with Gasteiger partial charge in [-0.15, -0.1) is 0 Å². The first-order chi connectivity index (χ1) is 11.6. The molecule has 5 nitrogen and oxygen atoms in total. The van der Waals surface area contributed by atoms with E-state index in [1.807, 2.05) is 37.1 Å². The minimum absolute atomic E-state index is 0.0956. The van der Waals surface area contributed by atoms with Crippen molar-refractivity contribution in [2.75, 3.05) is 11.9 Å². The predicted octanol–water partition coefficient (Wildman–Crippen LogP) is 3.09. The Labute approximate surface area is 143 Å². The molecule has 1 saturated carbocycles. The van der Waals surface area contributed by atoms with Crippen LogP contribution in [0.4, 0.5) is 5.95 Å². The first-order valence-corrected chi connectivity index (χ1v) is 8.53. The molecule has 0 bridgehead atoms. The normalized spacial score (nSPS) is 14.6. The fourth-order valence-electron chi connectivity index (χ4n) is 3.10. The SMILES string of the molecule is Cc1cc(C(=O)NC2CCCC2)nc(N(C)Cc2ccccc2)n1. The number of hydrogen-bond acceptors (Lipinski definition) is 4. The standard InChI is InChI=1S/C19H24N4O/c1-14-12-17(18(24)21-16-10-6-7-11-16)22-19(20-14)23(2)13-15-8-4-3-5-9-15/h3-5,8-9,12,16H,6-7,10-11,13H2,1-2H3,(H,21,24). The lowest BCUT2D eigenvalue weighted by atomic mass is 10.2. The van der Waals surface area contributed by atoms with Crippen LogP contribution in [0.25, 0.3) is 0 Å². The van der Waals surface area contributed by atoms with E-state index in [0.29, 0.717) is 24.2 Å². The van der Waals surface area contributed by atoms with Crippen LogP contribution in [0.1, 0.15) is 47.4 Å². The van der Waals surface area contributed by atoms with Crippen LogP contribution in [0, 0.1) is 6.92 Å². The van der Waals surface area contributed by atoms with Gasteiger partial charge in [-0.05, 0) is 31.4 Å². The van der Waals surface area contributed by atoms with Crippen molar-refractivity contribution in [2.24, 2.45) is 0 Å². The molecule has 3 rings (SSSR count). The van der Waals surface area contributed by atoms with Gasteiger partial charge >= 0.3 is 0 Å². The summed E-state index contributed by atoms with van der Waals surface area (Å²) in [5.74, 6) is 0.484. The fourth-order valence-corrected chi connectivity index (χ4v) is 3.10. The molecule has 24 heavy (non-hydrogen) atoms. The van der Waals surface area contributed by atoms with E-state index in [1.165, 1.54) is 18.4 Å². The Kier molecular flexibility index (Phi) is 5.08. The number of anilines is 1. The molecule has 1 aromatic carbocycles. The molecule has 1 N–H and O–H groups in total. The van der Waals surface area contributed by atoms with Gasteiger partial charge in [-0.2, -0.15) is 0 Å². The average molecular weight is 324 g/mol. The number of carbonyl (C=O) groups excluding carboxylic acids is 1. The van der Waals surface area contributed by atoms with Gasteiger partial charge in [0.05, 0.1) is 0 Å². The number of rotatable bonds is 5. The maximum absolute atomic E-state index is 12.5. The quantitative estimate of drug-likeness (QED) is 0.918. The maximum atomic E-state index is 12.5. The molecular formula is C19H24N4O. The molecule has 1 amide bonds. The third kappa shape index (κ3) is 4.10. The summed E-state index contributed by atoms with van der Waals surface area (Å²) in [5.41, 5.74) is 2.43.